The predicted octanol–water partition coefficient (Wildman–Crippen LogP) is 12.7. The largest absolute Gasteiger partial charge is 0.466 e. The van der Waals surface area contributed by atoms with Gasteiger partial charge in [0.25, 0.3) is 17.7 Å². The number of hydrogen-bond acceptors (Lipinski definition) is 19. The van der Waals surface area contributed by atoms with Crippen LogP contribution in [0.1, 0.15) is 167 Å². The molecule has 9 N–H and O–H groups in total. The van der Waals surface area contributed by atoms with Gasteiger partial charge in [-0.2, -0.15) is 15.3 Å². The van der Waals surface area contributed by atoms with Gasteiger partial charge in [-0.05, 0) is 143 Å². The Labute approximate surface area is 637 Å². The van der Waals surface area contributed by atoms with E-state index in [0.29, 0.717) is 101 Å². The first-order chi connectivity index (χ1) is 53.3. The van der Waals surface area contributed by atoms with Gasteiger partial charge in [0.15, 0.2) is 16.9 Å². The molecule has 15 rings (SSSR count). The van der Waals surface area contributed by atoms with Crippen LogP contribution in [0, 0.1) is 32.6 Å². The second-order valence-corrected chi connectivity index (χ2v) is 28.6. The third-order valence-electron chi connectivity index (χ3n) is 21.1. The van der Waals surface area contributed by atoms with E-state index in [4.69, 9.17) is 37.2 Å². The first-order valence-corrected chi connectivity index (χ1v) is 37.5. The fourth-order valence-corrected chi connectivity index (χ4v) is 15.0. The van der Waals surface area contributed by atoms with Gasteiger partial charge in [0.05, 0.1) is 46.8 Å². The number of ketones is 1. The highest BCUT2D eigenvalue weighted by Crippen LogP contribution is 2.41. The number of fused-ring (bicyclic) bond motifs is 3. The van der Waals surface area contributed by atoms with E-state index < -0.39 is 0 Å². The van der Waals surface area contributed by atoms with Crippen molar-refractivity contribution in [3.05, 3.63) is 215 Å². The van der Waals surface area contributed by atoms with Gasteiger partial charge in [-0.15, -0.1) is 0 Å². The monoisotopic (exact) mass is 1480 g/mol. The molecule has 3 aliphatic carbocycles. The smallest absolute Gasteiger partial charge is 0.308 e. The summed E-state index contributed by atoms with van der Waals surface area (Å²) in [4.78, 5) is 102. The summed E-state index contributed by atoms with van der Waals surface area (Å²) in [6.45, 7) is 9.26. The molecular weight excluding hydrogens is 1390 g/mol. The first-order valence-electron chi connectivity index (χ1n) is 37.5. The van der Waals surface area contributed by atoms with Crippen LogP contribution in [0.15, 0.2) is 165 Å². The second kappa shape index (κ2) is 34.1. The molecule has 110 heavy (non-hydrogen) atoms. The van der Waals surface area contributed by atoms with Crippen molar-refractivity contribution in [2.75, 3.05) is 37.9 Å². The van der Waals surface area contributed by atoms with Crippen LogP contribution >= 0.6 is 0 Å². The second-order valence-electron chi connectivity index (χ2n) is 28.6. The Morgan fingerprint density at radius 1 is 0.445 bits per heavy atom. The van der Waals surface area contributed by atoms with Crippen LogP contribution in [0.5, 0.6) is 0 Å². The molecule has 6 heterocycles. The number of aromatic nitrogens is 12. The topological polar surface area (TPSA) is 360 Å². The maximum atomic E-state index is 12.6. The van der Waals surface area contributed by atoms with Crippen LogP contribution in [0.25, 0.3) is 66.9 Å². The highest BCUT2D eigenvalue weighted by molar-refractivity contribution is 6.01. The lowest BCUT2D eigenvalue weighted by molar-refractivity contribution is -0.149. The summed E-state index contributed by atoms with van der Waals surface area (Å²) < 4.78 is 11.0. The van der Waals surface area contributed by atoms with Crippen molar-refractivity contribution < 1.29 is 33.5 Å². The molecule has 0 spiro atoms. The number of ether oxygens (including phenoxy) is 1. The molecule has 6 aromatic carbocycles. The standard InChI is InChI=1S/C29H33N7O2.C29H32N6O3.C26H26N6O2/c1-18-6-4-5-7-23(18)28(37)31-16-19-8-10-20(11-9-19)25-24-26(30)32-17-33-27(24)36(34-25)22-14-12-21(13-15-22)29(38)35(2)3;1-3-38-29(37)21-12-14-22(15-13-21)35-27-24(26(30)32-17-33-27)25(34-35)20-10-8-19(9-11-20)16-31-28(36)23-7-5-4-6-18(23)2;1-16-5-2-3-8-21(16)26(34)28-14-17-9-11-18(12-10-17)23-22-24(27)29-15-30-25(22)32(31-23)19-6-4-7-20(33)13-19/h4-11,17,21-22H,12-16H2,1-3H3,(H,31,37)(H2,30,32,33);4-11,17,21-22H,3,12-16H2,1-2H3,(H,31,36)(H2,30,32,33);2-3,5,8-12,15,19H,4,6-7,13-14H2,1H3,(H,28,34)(H2,27,29,30). The summed E-state index contributed by atoms with van der Waals surface area (Å²) in [5, 5.41) is 25.9. The zero-order chi connectivity index (χ0) is 77.1. The highest BCUT2D eigenvalue weighted by atomic mass is 16.5. The normalized spacial score (nSPS) is 16.9. The molecule has 564 valence electrons. The molecular formula is C84H91N19O7. The van der Waals surface area contributed by atoms with Crippen LogP contribution in [0.4, 0.5) is 17.5 Å². The number of Topliss-reactive ketones (excluding diaryl/α,β-unsaturated/α-hetero) is 1. The van der Waals surface area contributed by atoms with Gasteiger partial charge in [-0.25, -0.2) is 43.9 Å². The van der Waals surface area contributed by atoms with E-state index >= 15 is 0 Å². The van der Waals surface area contributed by atoms with Gasteiger partial charge in [-0.1, -0.05) is 127 Å². The minimum Gasteiger partial charge on any atom is -0.466 e. The Balaban J connectivity index is 0.000000145. The Morgan fingerprint density at radius 2 is 0.782 bits per heavy atom. The van der Waals surface area contributed by atoms with Crippen molar-refractivity contribution in [2.45, 2.75) is 143 Å². The summed E-state index contributed by atoms with van der Waals surface area (Å²) in [5.74, 6) is 1.17. The number of carbonyl (C=O) groups excluding carboxylic acids is 6. The fraction of sp³-hybridized carbons (Fsp3) is 0.321. The number of nitrogens with one attached hydrogen (secondary N) is 3. The van der Waals surface area contributed by atoms with E-state index in [1.165, 1.54) is 19.0 Å². The molecule has 26 heteroatoms. The Morgan fingerprint density at radius 3 is 1.11 bits per heavy atom. The quantitative estimate of drug-likeness (QED) is 0.0435. The minimum absolute atomic E-state index is 0.0253. The number of benzene rings is 6. The number of carbonyl (C=O) groups is 6. The van der Waals surface area contributed by atoms with Crippen molar-refractivity contribution in [2.24, 2.45) is 11.8 Å². The number of anilines is 3. The SMILES string of the molecule is CCOC(=O)C1CCC(n2nc(-c3ccc(CNC(=O)c4ccccc4C)cc3)c3c(N)ncnc32)CC1.Cc1ccccc1C(=O)NCc1ccc(-c2nn(C3CCC(C(=O)N(C)C)CC3)c3ncnc(N)c23)cc1.Cc1ccccc1C(=O)NCc1ccc(-c2nn(C3CCCC(=O)C3)c3ncnc(N)c23)cc1. The number of hydrogen-bond donors (Lipinski definition) is 6. The maximum Gasteiger partial charge on any atom is 0.308 e. The average molecular weight is 1480 g/mol. The van der Waals surface area contributed by atoms with E-state index in [9.17, 15) is 28.8 Å². The van der Waals surface area contributed by atoms with Crippen molar-refractivity contribution in [1.82, 2.24) is 80.1 Å². The van der Waals surface area contributed by atoms with Crippen LogP contribution in [0.2, 0.25) is 0 Å². The van der Waals surface area contributed by atoms with Crippen molar-refractivity contribution in [1.29, 1.82) is 0 Å². The van der Waals surface area contributed by atoms with Gasteiger partial charge in [0.2, 0.25) is 5.91 Å². The Hall–Kier alpha value is -12.6. The zero-order valence-electron chi connectivity index (χ0n) is 62.7. The third-order valence-corrected chi connectivity index (χ3v) is 21.1. The highest BCUT2D eigenvalue weighted by Gasteiger charge is 2.34. The number of esters is 1. The molecule has 0 bridgehead atoms. The lowest BCUT2D eigenvalue weighted by atomic mass is 9.85. The summed E-state index contributed by atoms with van der Waals surface area (Å²) in [7, 11) is 3.62. The third kappa shape index (κ3) is 16.9. The molecule has 12 aromatic rings. The molecule has 1 atom stereocenters. The Bertz CT molecular complexity index is 5350. The van der Waals surface area contributed by atoms with Gasteiger partial charge in [0, 0.05) is 85.9 Å². The van der Waals surface area contributed by atoms with E-state index in [2.05, 4.69) is 45.9 Å². The van der Waals surface area contributed by atoms with E-state index in [1.807, 2.05) is 201 Å². The zero-order valence-corrected chi connectivity index (χ0v) is 62.7. The first kappa shape index (κ1) is 75.6. The lowest BCUT2D eigenvalue weighted by Gasteiger charge is -2.29. The molecule has 6 aromatic heterocycles. The van der Waals surface area contributed by atoms with Gasteiger partial charge in [0.1, 0.15) is 59.3 Å². The average Bonchev–Trinajstić information content (AvgIpc) is 1.61. The summed E-state index contributed by atoms with van der Waals surface area (Å²) in [6, 6.07) is 46.5. The van der Waals surface area contributed by atoms with Crippen LogP contribution < -0.4 is 33.2 Å². The van der Waals surface area contributed by atoms with Crippen LogP contribution in [-0.2, 0) is 38.8 Å². The number of nitrogens with zero attached hydrogens (tertiary/aromatic N) is 13. The number of amides is 4. The summed E-state index contributed by atoms with van der Waals surface area (Å²) >= 11 is 0. The van der Waals surface area contributed by atoms with Gasteiger partial charge in [-0.3, -0.25) is 28.8 Å². The van der Waals surface area contributed by atoms with Crippen molar-refractivity contribution in [3.8, 4) is 33.8 Å². The molecule has 3 aliphatic rings. The summed E-state index contributed by atoms with van der Waals surface area (Å²) in [5.41, 5.74) is 33.5. The maximum absolute atomic E-state index is 12.6. The van der Waals surface area contributed by atoms with Gasteiger partial charge >= 0.3 is 5.97 Å². The molecule has 4 amide bonds. The molecule has 0 aliphatic heterocycles. The summed E-state index contributed by atoms with van der Waals surface area (Å²) in [6.07, 6.45) is 13.7. The molecule has 1 unspecified atom stereocenters. The lowest BCUT2D eigenvalue weighted by Crippen LogP contribution is -2.32. The number of nitrogen functional groups attached to an aromatic ring is 3. The predicted molar refractivity (Wildman–Crippen MR) is 422 cm³/mol. The number of nitrogens with two attached hydrogens (primary N) is 3. The molecule has 26 nitrogen and oxygen atoms in total. The minimum atomic E-state index is -0.112. The molecule has 0 saturated heterocycles. The van der Waals surface area contributed by atoms with Crippen LogP contribution in [0.3, 0.4) is 0 Å². The fourth-order valence-electron chi connectivity index (χ4n) is 15.0. The van der Waals surface area contributed by atoms with Gasteiger partial charge < -0.3 is 42.8 Å². The van der Waals surface area contributed by atoms with E-state index in [1.54, 1.807) is 4.90 Å². The molecule has 3 saturated carbocycles. The van der Waals surface area contributed by atoms with Crippen molar-refractivity contribution >= 4 is 85.9 Å². The van der Waals surface area contributed by atoms with Crippen LogP contribution in [-0.4, -0.2) is 120 Å². The molecule has 3 fully saturated rings. The number of aryl methyl sites for hydroxylation is 3. The molecule has 0 radical (unpaired) electrons. The van der Waals surface area contributed by atoms with E-state index in [-0.39, 0.29) is 65.3 Å². The Kier molecular flexibility index (Phi) is 23.4. The van der Waals surface area contributed by atoms with E-state index in [0.717, 1.165) is 136 Å². The van der Waals surface area contributed by atoms with Crippen molar-refractivity contribution in [3.63, 3.8) is 0 Å². The number of rotatable bonds is 18.